The van der Waals surface area contributed by atoms with Crippen LogP contribution >= 0.6 is 24.0 Å². The van der Waals surface area contributed by atoms with Crippen LogP contribution in [-0.4, -0.2) is 74.0 Å². The van der Waals surface area contributed by atoms with Gasteiger partial charge >= 0.3 is 0 Å². The molecule has 0 bridgehead atoms. The number of nitrogens with zero attached hydrogens (tertiary/aromatic N) is 3. The fraction of sp³-hybridized carbons (Fsp3) is 0.680. The van der Waals surface area contributed by atoms with Crippen LogP contribution in [-0.2, 0) is 6.42 Å². The van der Waals surface area contributed by atoms with Gasteiger partial charge in [0, 0.05) is 57.9 Å². The molecule has 0 radical (unpaired) electrons. The first-order chi connectivity index (χ1) is 15.1. The Morgan fingerprint density at radius 2 is 1.84 bits per heavy atom. The molecule has 0 atom stereocenters. The molecule has 2 fully saturated rings. The quantitative estimate of drug-likeness (QED) is 0.305. The van der Waals surface area contributed by atoms with Gasteiger partial charge in [0.15, 0.2) is 5.96 Å². The standard InChI is InChI=1S/C25H41N5O.HI/c1-4-26-25(27-16-13-20-9-8-10-21(19-20)24(31)29(2)3)28-22-14-17-30(18-15-22)23-11-6-5-7-12-23;/h8-10,19,22-23H,4-7,11-18H2,1-3H3,(H2,26,27,28);1H. The third-order valence-corrected chi connectivity index (χ3v) is 6.56. The lowest BCUT2D eigenvalue weighted by Crippen LogP contribution is -2.51. The fourth-order valence-corrected chi connectivity index (χ4v) is 4.78. The number of amides is 1. The Bertz CT molecular complexity index is 725. The van der Waals surface area contributed by atoms with Crippen LogP contribution in [0.4, 0.5) is 0 Å². The Balaban J connectivity index is 0.00000363. The molecule has 1 aliphatic carbocycles. The van der Waals surface area contributed by atoms with Crippen molar-refractivity contribution in [1.82, 2.24) is 20.4 Å². The number of rotatable bonds is 7. The Morgan fingerprint density at radius 3 is 2.50 bits per heavy atom. The van der Waals surface area contributed by atoms with Gasteiger partial charge in [0.1, 0.15) is 0 Å². The lowest BCUT2D eigenvalue weighted by molar-refractivity contribution is 0.0827. The second kappa shape index (κ2) is 14.0. The van der Waals surface area contributed by atoms with Gasteiger partial charge in [0.25, 0.3) is 5.91 Å². The minimum Gasteiger partial charge on any atom is -0.357 e. The van der Waals surface area contributed by atoms with Crippen molar-refractivity contribution >= 4 is 35.8 Å². The molecule has 2 N–H and O–H groups in total. The van der Waals surface area contributed by atoms with Gasteiger partial charge in [0.2, 0.25) is 0 Å². The second-order valence-electron chi connectivity index (χ2n) is 9.16. The van der Waals surface area contributed by atoms with Crippen molar-refractivity contribution in [1.29, 1.82) is 0 Å². The number of nitrogens with one attached hydrogen (secondary N) is 2. The van der Waals surface area contributed by atoms with Crippen molar-refractivity contribution in [2.75, 3.05) is 40.3 Å². The summed E-state index contributed by atoms with van der Waals surface area (Å²) >= 11 is 0. The predicted molar refractivity (Wildman–Crippen MR) is 144 cm³/mol. The van der Waals surface area contributed by atoms with Gasteiger partial charge in [-0.2, -0.15) is 0 Å². The average Bonchev–Trinajstić information content (AvgIpc) is 2.80. The smallest absolute Gasteiger partial charge is 0.253 e. The monoisotopic (exact) mass is 555 g/mol. The summed E-state index contributed by atoms with van der Waals surface area (Å²) in [4.78, 5) is 21.3. The number of carbonyl (C=O) groups excluding carboxylic acids is 1. The Hall–Kier alpha value is -1.35. The van der Waals surface area contributed by atoms with Gasteiger partial charge in [-0.25, -0.2) is 0 Å². The van der Waals surface area contributed by atoms with E-state index in [0.717, 1.165) is 36.1 Å². The van der Waals surface area contributed by atoms with Crippen molar-refractivity contribution < 1.29 is 4.79 Å². The molecule has 32 heavy (non-hydrogen) atoms. The maximum absolute atomic E-state index is 12.2. The highest BCUT2D eigenvalue weighted by Gasteiger charge is 2.26. The first-order valence-electron chi connectivity index (χ1n) is 12.2. The molecule has 0 aromatic heterocycles. The van der Waals surface area contributed by atoms with Crippen molar-refractivity contribution in [2.24, 2.45) is 4.99 Å². The van der Waals surface area contributed by atoms with Gasteiger partial charge in [0.05, 0.1) is 0 Å². The molecule has 3 rings (SSSR count). The Kier molecular flexibility index (Phi) is 11.8. The van der Waals surface area contributed by atoms with Crippen LogP contribution in [0, 0.1) is 0 Å². The summed E-state index contributed by atoms with van der Waals surface area (Å²) in [6.45, 7) is 6.08. The van der Waals surface area contributed by atoms with E-state index < -0.39 is 0 Å². The highest BCUT2D eigenvalue weighted by molar-refractivity contribution is 14.0. The summed E-state index contributed by atoms with van der Waals surface area (Å²) in [5.74, 6) is 0.957. The molecule has 1 amide bonds. The van der Waals surface area contributed by atoms with Crippen LogP contribution < -0.4 is 10.6 Å². The molecule has 1 aliphatic heterocycles. The molecule has 6 nitrogen and oxygen atoms in total. The van der Waals surface area contributed by atoms with Crippen LogP contribution in [0.3, 0.4) is 0 Å². The third-order valence-electron chi connectivity index (χ3n) is 6.56. The van der Waals surface area contributed by atoms with Crippen molar-refractivity contribution in [3.05, 3.63) is 35.4 Å². The predicted octanol–water partition coefficient (Wildman–Crippen LogP) is 3.90. The van der Waals surface area contributed by atoms with Gasteiger partial charge in [-0.1, -0.05) is 31.4 Å². The SMILES string of the molecule is CCNC(=NCCc1cccc(C(=O)N(C)C)c1)NC1CCN(C2CCCCC2)CC1.I. The van der Waals surface area contributed by atoms with Crippen LogP contribution in [0.25, 0.3) is 0 Å². The number of hydrogen-bond donors (Lipinski definition) is 2. The van der Waals surface area contributed by atoms with Gasteiger partial charge in [-0.05, 0) is 56.7 Å². The molecule has 1 saturated heterocycles. The second-order valence-corrected chi connectivity index (χ2v) is 9.16. The van der Waals surface area contributed by atoms with Crippen LogP contribution in [0.5, 0.6) is 0 Å². The van der Waals surface area contributed by atoms with Gasteiger partial charge < -0.3 is 20.4 Å². The number of piperidine rings is 1. The number of carbonyl (C=O) groups is 1. The summed E-state index contributed by atoms with van der Waals surface area (Å²) < 4.78 is 0. The Labute approximate surface area is 211 Å². The summed E-state index contributed by atoms with van der Waals surface area (Å²) in [5, 5.41) is 7.06. The lowest BCUT2D eigenvalue weighted by Gasteiger charge is -2.39. The number of halogens is 1. The summed E-state index contributed by atoms with van der Waals surface area (Å²) in [6, 6.07) is 9.22. The molecular weight excluding hydrogens is 513 g/mol. The Morgan fingerprint density at radius 1 is 1.12 bits per heavy atom. The van der Waals surface area contributed by atoms with Crippen molar-refractivity contribution in [2.45, 2.75) is 70.4 Å². The molecule has 1 aromatic rings. The molecule has 0 unspecified atom stereocenters. The zero-order valence-electron chi connectivity index (χ0n) is 20.1. The van der Waals surface area contributed by atoms with E-state index >= 15 is 0 Å². The molecule has 1 aromatic carbocycles. The minimum absolute atomic E-state index is 0. The molecule has 0 spiro atoms. The number of aliphatic imine (C=N–C) groups is 1. The fourth-order valence-electron chi connectivity index (χ4n) is 4.78. The number of likely N-dealkylation sites (tertiary alicyclic amines) is 1. The zero-order chi connectivity index (χ0) is 22.1. The van der Waals surface area contributed by atoms with E-state index in [-0.39, 0.29) is 29.9 Å². The van der Waals surface area contributed by atoms with E-state index in [9.17, 15) is 4.79 Å². The molecule has 1 saturated carbocycles. The maximum Gasteiger partial charge on any atom is 0.253 e. The summed E-state index contributed by atoms with van der Waals surface area (Å²) in [6.07, 6.45) is 10.2. The van der Waals surface area contributed by atoms with E-state index in [0.29, 0.717) is 12.6 Å². The zero-order valence-corrected chi connectivity index (χ0v) is 22.4. The topological polar surface area (TPSA) is 60.0 Å². The number of hydrogen-bond acceptors (Lipinski definition) is 3. The molecule has 180 valence electrons. The number of benzene rings is 1. The normalized spacial score (nSPS) is 18.7. The van der Waals surface area contributed by atoms with Crippen LogP contribution in [0.1, 0.15) is 67.8 Å². The third kappa shape index (κ3) is 8.21. The van der Waals surface area contributed by atoms with Crippen LogP contribution in [0.2, 0.25) is 0 Å². The lowest BCUT2D eigenvalue weighted by atomic mass is 9.92. The highest BCUT2D eigenvalue weighted by Crippen LogP contribution is 2.25. The first-order valence-corrected chi connectivity index (χ1v) is 12.2. The van der Waals surface area contributed by atoms with E-state index in [1.807, 2.05) is 18.2 Å². The van der Waals surface area contributed by atoms with E-state index in [4.69, 9.17) is 4.99 Å². The van der Waals surface area contributed by atoms with Gasteiger partial charge in [-0.3, -0.25) is 9.79 Å². The molecule has 7 heteroatoms. The van der Waals surface area contributed by atoms with E-state index in [1.54, 1.807) is 19.0 Å². The maximum atomic E-state index is 12.2. The van der Waals surface area contributed by atoms with Crippen molar-refractivity contribution in [3.63, 3.8) is 0 Å². The first kappa shape index (κ1) is 26.9. The van der Waals surface area contributed by atoms with Crippen LogP contribution in [0.15, 0.2) is 29.3 Å². The largest absolute Gasteiger partial charge is 0.357 e. The van der Waals surface area contributed by atoms with Gasteiger partial charge in [-0.15, -0.1) is 24.0 Å². The molecule has 2 aliphatic rings. The van der Waals surface area contributed by atoms with E-state index in [2.05, 4.69) is 28.5 Å². The number of guanidine groups is 1. The summed E-state index contributed by atoms with van der Waals surface area (Å²) in [7, 11) is 3.57. The average molecular weight is 556 g/mol. The minimum atomic E-state index is 0. The summed E-state index contributed by atoms with van der Waals surface area (Å²) in [5.41, 5.74) is 1.88. The molecule has 1 heterocycles. The van der Waals surface area contributed by atoms with Crippen molar-refractivity contribution in [3.8, 4) is 0 Å². The highest BCUT2D eigenvalue weighted by atomic mass is 127. The van der Waals surface area contributed by atoms with E-state index in [1.165, 1.54) is 58.0 Å². The molecular formula is C25H42IN5O.